The average molecular weight is 248 g/mol. The third-order valence-corrected chi connectivity index (χ3v) is 4.99. The van der Waals surface area contributed by atoms with Crippen molar-refractivity contribution >= 4 is 10.0 Å². The fourth-order valence-electron chi connectivity index (χ4n) is 1.76. The van der Waals surface area contributed by atoms with Gasteiger partial charge in [-0.1, -0.05) is 20.8 Å². The van der Waals surface area contributed by atoms with E-state index in [0.29, 0.717) is 6.42 Å². The Morgan fingerprint density at radius 3 is 2.44 bits per heavy atom. The normalized spacial score (nSPS) is 22.9. The third kappa shape index (κ3) is 4.03. The van der Waals surface area contributed by atoms with Crippen molar-refractivity contribution in [2.75, 3.05) is 25.9 Å². The monoisotopic (exact) mass is 248 g/mol. The SMILES string of the molecule is CN(C1CCNC1)S(=O)(=O)CCC(C)(C)C. The summed E-state index contributed by atoms with van der Waals surface area (Å²) < 4.78 is 25.7. The minimum absolute atomic E-state index is 0.0713. The lowest BCUT2D eigenvalue weighted by molar-refractivity contribution is 0.367. The second-order valence-corrected chi connectivity index (χ2v) is 7.94. The molecule has 16 heavy (non-hydrogen) atoms. The average Bonchev–Trinajstić information content (AvgIpc) is 2.65. The van der Waals surface area contributed by atoms with Crippen molar-refractivity contribution in [1.82, 2.24) is 9.62 Å². The second-order valence-electron chi connectivity index (χ2n) is 5.79. The Bertz CT molecular complexity index is 313. The van der Waals surface area contributed by atoms with Crippen LogP contribution in [0, 0.1) is 5.41 Å². The molecule has 1 atom stereocenters. The van der Waals surface area contributed by atoms with E-state index in [9.17, 15) is 8.42 Å². The van der Waals surface area contributed by atoms with Crippen LogP contribution in [0.3, 0.4) is 0 Å². The highest BCUT2D eigenvalue weighted by atomic mass is 32.2. The topological polar surface area (TPSA) is 49.4 Å². The summed E-state index contributed by atoms with van der Waals surface area (Å²) in [6, 6.07) is 0.143. The zero-order chi connectivity index (χ0) is 12.4. The van der Waals surface area contributed by atoms with Crippen LogP contribution in [0.1, 0.15) is 33.6 Å². The summed E-state index contributed by atoms with van der Waals surface area (Å²) in [6.45, 7) is 7.91. The van der Waals surface area contributed by atoms with Crippen molar-refractivity contribution < 1.29 is 8.42 Å². The number of nitrogens with one attached hydrogen (secondary N) is 1. The molecule has 0 aromatic carbocycles. The Balaban J connectivity index is 2.55. The maximum Gasteiger partial charge on any atom is 0.214 e. The van der Waals surface area contributed by atoms with Gasteiger partial charge in [-0.25, -0.2) is 12.7 Å². The molecule has 0 aliphatic carbocycles. The van der Waals surface area contributed by atoms with Gasteiger partial charge < -0.3 is 5.32 Å². The predicted molar refractivity (Wildman–Crippen MR) is 66.9 cm³/mol. The standard InChI is InChI=1S/C11H24N2O2S/c1-11(2,3)6-8-16(14,15)13(4)10-5-7-12-9-10/h10,12H,5-9H2,1-4H3. The number of hydrogen-bond donors (Lipinski definition) is 1. The molecule has 0 amide bonds. The Morgan fingerprint density at radius 2 is 2.00 bits per heavy atom. The van der Waals surface area contributed by atoms with Crippen molar-refractivity contribution in [2.45, 2.75) is 39.7 Å². The van der Waals surface area contributed by atoms with Crippen molar-refractivity contribution in [3.63, 3.8) is 0 Å². The summed E-state index contributed by atoms with van der Waals surface area (Å²) in [5.74, 6) is 0.253. The second kappa shape index (κ2) is 5.02. The van der Waals surface area contributed by atoms with Crippen molar-refractivity contribution in [1.29, 1.82) is 0 Å². The van der Waals surface area contributed by atoms with Crippen molar-refractivity contribution in [2.24, 2.45) is 5.41 Å². The lowest BCUT2D eigenvalue weighted by Crippen LogP contribution is -2.40. The molecule has 1 N–H and O–H groups in total. The molecule has 4 nitrogen and oxygen atoms in total. The Hall–Kier alpha value is -0.130. The summed E-state index contributed by atoms with van der Waals surface area (Å²) >= 11 is 0. The molecule has 0 aromatic heterocycles. The van der Waals surface area contributed by atoms with E-state index in [4.69, 9.17) is 0 Å². The fraction of sp³-hybridized carbons (Fsp3) is 1.00. The first-order valence-corrected chi connectivity index (χ1v) is 7.50. The van der Waals surface area contributed by atoms with E-state index in [2.05, 4.69) is 26.1 Å². The molecule has 96 valence electrons. The van der Waals surface area contributed by atoms with Gasteiger partial charge in [-0.3, -0.25) is 0 Å². The van der Waals surface area contributed by atoms with E-state index >= 15 is 0 Å². The van der Waals surface area contributed by atoms with Gasteiger partial charge in [0.05, 0.1) is 5.75 Å². The van der Waals surface area contributed by atoms with Gasteiger partial charge >= 0.3 is 0 Å². The summed E-state index contributed by atoms with van der Waals surface area (Å²) in [4.78, 5) is 0. The summed E-state index contributed by atoms with van der Waals surface area (Å²) in [7, 11) is -1.38. The number of sulfonamides is 1. The molecule has 1 heterocycles. The van der Waals surface area contributed by atoms with E-state index in [1.54, 1.807) is 11.4 Å². The van der Waals surface area contributed by atoms with Gasteiger partial charge in [0.25, 0.3) is 0 Å². The van der Waals surface area contributed by atoms with E-state index in [0.717, 1.165) is 19.5 Å². The van der Waals surface area contributed by atoms with E-state index in [-0.39, 0.29) is 17.2 Å². The van der Waals surface area contributed by atoms with Gasteiger partial charge in [0, 0.05) is 19.6 Å². The van der Waals surface area contributed by atoms with E-state index < -0.39 is 10.0 Å². The van der Waals surface area contributed by atoms with Gasteiger partial charge in [0.15, 0.2) is 0 Å². The van der Waals surface area contributed by atoms with Crippen LogP contribution in [0.25, 0.3) is 0 Å². The van der Waals surface area contributed by atoms with Crippen LogP contribution in [-0.4, -0.2) is 44.7 Å². The van der Waals surface area contributed by atoms with Crippen LogP contribution in [0.5, 0.6) is 0 Å². The Kier molecular flexibility index (Phi) is 4.37. The van der Waals surface area contributed by atoms with Gasteiger partial charge in [0.2, 0.25) is 10.0 Å². The molecule has 1 fully saturated rings. The van der Waals surface area contributed by atoms with Crippen LogP contribution in [0.15, 0.2) is 0 Å². The zero-order valence-electron chi connectivity index (χ0n) is 10.8. The highest BCUT2D eigenvalue weighted by Gasteiger charge is 2.29. The highest BCUT2D eigenvalue weighted by molar-refractivity contribution is 7.89. The van der Waals surface area contributed by atoms with Crippen molar-refractivity contribution in [3.8, 4) is 0 Å². The molecule has 1 saturated heterocycles. The zero-order valence-corrected chi connectivity index (χ0v) is 11.6. The van der Waals surface area contributed by atoms with Crippen LogP contribution < -0.4 is 5.32 Å². The minimum Gasteiger partial charge on any atom is -0.315 e. The number of hydrogen-bond acceptors (Lipinski definition) is 3. The van der Waals surface area contributed by atoms with Gasteiger partial charge in [-0.05, 0) is 24.8 Å². The summed E-state index contributed by atoms with van der Waals surface area (Å²) in [5.41, 5.74) is 0.0713. The maximum absolute atomic E-state index is 12.1. The van der Waals surface area contributed by atoms with Crippen LogP contribution in [0.4, 0.5) is 0 Å². The highest BCUT2D eigenvalue weighted by Crippen LogP contribution is 2.21. The minimum atomic E-state index is -3.08. The summed E-state index contributed by atoms with van der Waals surface area (Å²) in [5, 5.41) is 3.19. The molecule has 1 aliphatic rings. The van der Waals surface area contributed by atoms with Crippen LogP contribution in [-0.2, 0) is 10.0 Å². The number of nitrogens with zero attached hydrogens (tertiary/aromatic N) is 1. The first-order valence-electron chi connectivity index (χ1n) is 5.89. The molecule has 0 aromatic rings. The molecule has 0 saturated carbocycles. The fourth-order valence-corrected chi connectivity index (χ4v) is 3.55. The quantitative estimate of drug-likeness (QED) is 0.809. The molecule has 0 spiro atoms. The van der Waals surface area contributed by atoms with Crippen LogP contribution >= 0.6 is 0 Å². The summed E-state index contributed by atoms with van der Waals surface area (Å²) in [6.07, 6.45) is 1.63. The molecule has 1 aliphatic heterocycles. The van der Waals surface area contributed by atoms with Gasteiger partial charge in [0.1, 0.15) is 0 Å². The molecule has 0 bridgehead atoms. The smallest absolute Gasteiger partial charge is 0.214 e. The Morgan fingerprint density at radius 1 is 1.38 bits per heavy atom. The third-order valence-electron chi connectivity index (χ3n) is 3.10. The number of likely N-dealkylation sites (N-methyl/N-ethyl adjacent to an activating group) is 1. The maximum atomic E-state index is 12.1. The first-order chi connectivity index (χ1) is 7.22. The molecule has 1 unspecified atom stereocenters. The lowest BCUT2D eigenvalue weighted by Gasteiger charge is -2.25. The molecule has 1 rings (SSSR count). The van der Waals surface area contributed by atoms with Gasteiger partial charge in [-0.2, -0.15) is 0 Å². The lowest BCUT2D eigenvalue weighted by atomic mass is 9.94. The van der Waals surface area contributed by atoms with Crippen molar-refractivity contribution in [3.05, 3.63) is 0 Å². The molecular weight excluding hydrogens is 224 g/mol. The van der Waals surface area contributed by atoms with Crippen LogP contribution in [0.2, 0.25) is 0 Å². The molecule has 5 heteroatoms. The molecular formula is C11H24N2O2S. The first kappa shape index (κ1) is 13.9. The predicted octanol–water partition coefficient (Wildman–Crippen LogP) is 1.05. The van der Waals surface area contributed by atoms with Gasteiger partial charge in [-0.15, -0.1) is 0 Å². The largest absolute Gasteiger partial charge is 0.315 e. The van der Waals surface area contributed by atoms with E-state index in [1.165, 1.54) is 0 Å². The Labute approximate surface area is 99.5 Å². The number of rotatable bonds is 4. The molecule has 0 radical (unpaired) electrons. The van der Waals surface area contributed by atoms with E-state index in [1.807, 2.05) is 0 Å².